The zero-order chi connectivity index (χ0) is 15.5. The largest absolute Gasteiger partial charge is 0.481 e. The molecule has 1 aromatic carbocycles. The van der Waals surface area contributed by atoms with Gasteiger partial charge < -0.3 is 14.4 Å². The number of methoxy groups -OCH3 is 1. The van der Waals surface area contributed by atoms with Gasteiger partial charge in [-0.05, 0) is 18.6 Å². The van der Waals surface area contributed by atoms with Gasteiger partial charge in [-0.25, -0.2) is 9.78 Å². The van der Waals surface area contributed by atoms with Crippen molar-refractivity contribution in [2.75, 3.05) is 20.3 Å². The average Bonchev–Trinajstić information content (AvgIpc) is 2.92. The van der Waals surface area contributed by atoms with Crippen molar-refractivity contribution in [2.24, 2.45) is 0 Å². The molecule has 0 N–H and O–H groups in total. The predicted octanol–water partition coefficient (Wildman–Crippen LogP) is 3.02. The number of hydrogen-bond donors (Lipinski definition) is 0. The minimum absolute atomic E-state index is 0.289. The van der Waals surface area contributed by atoms with Crippen molar-refractivity contribution < 1.29 is 14.3 Å². The Hall–Kier alpha value is -2.56. The van der Waals surface area contributed by atoms with Gasteiger partial charge in [-0.1, -0.05) is 29.8 Å². The van der Waals surface area contributed by atoms with Crippen molar-refractivity contribution in [3.63, 3.8) is 0 Å². The number of ether oxygens (including phenoxy) is 2. The first kappa shape index (κ1) is 14.4. The molecule has 1 aliphatic heterocycles. The topological polar surface area (TPSA) is 51.7 Å². The second-order valence-corrected chi connectivity index (χ2v) is 5.30. The van der Waals surface area contributed by atoms with Crippen LogP contribution in [0.3, 0.4) is 0 Å². The van der Waals surface area contributed by atoms with E-state index in [4.69, 9.17) is 9.47 Å². The lowest BCUT2D eigenvalue weighted by molar-refractivity contribution is 0.157. The van der Waals surface area contributed by atoms with E-state index in [0.717, 1.165) is 16.7 Å². The number of benzene rings is 1. The Morgan fingerprint density at radius 2 is 2.18 bits per heavy atom. The number of carbonyl (C=O) groups is 1. The standard InChI is InChI=1S/C17H18N2O3/c1-12-4-3-5-13(8-12)14-9-15(16(21-2)18-10-14)11-19-6-7-22-17(19)20/h3-5,8-10H,6-7,11H2,1-2H3. The van der Waals surface area contributed by atoms with Gasteiger partial charge in [0, 0.05) is 17.3 Å². The highest BCUT2D eigenvalue weighted by Crippen LogP contribution is 2.26. The van der Waals surface area contributed by atoms with Crippen molar-refractivity contribution in [3.8, 4) is 17.0 Å². The van der Waals surface area contributed by atoms with E-state index in [0.29, 0.717) is 25.6 Å². The molecule has 2 aromatic rings. The fourth-order valence-electron chi connectivity index (χ4n) is 2.55. The van der Waals surface area contributed by atoms with Crippen molar-refractivity contribution in [1.29, 1.82) is 0 Å². The number of pyridine rings is 1. The zero-order valence-electron chi connectivity index (χ0n) is 12.7. The van der Waals surface area contributed by atoms with Gasteiger partial charge in [0.05, 0.1) is 20.2 Å². The number of amides is 1. The fourth-order valence-corrected chi connectivity index (χ4v) is 2.55. The quantitative estimate of drug-likeness (QED) is 0.870. The van der Waals surface area contributed by atoms with Crippen LogP contribution in [-0.2, 0) is 11.3 Å². The van der Waals surface area contributed by atoms with Crippen molar-refractivity contribution in [1.82, 2.24) is 9.88 Å². The van der Waals surface area contributed by atoms with Gasteiger partial charge >= 0.3 is 6.09 Å². The lowest BCUT2D eigenvalue weighted by atomic mass is 10.0. The van der Waals surface area contributed by atoms with Crippen LogP contribution in [0.25, 0.3) is 11.1 Å². The summed E-state index contributed by atoms with van der Waals surface area (Å²) in [6, 6.07) is 10.3. The van der Waals surface area contributed by atoms with Crippen LogP contribution >= 0.6 is 0 Å². The van der Waals surface area contributed by atoms with E-state index in [-0.39, 0.29) is 6.09 Å². The molecule has 1 amide bonds. The summed E-state index contributed by atoms with van der Waals surface area (Å²) in [7, 11) is 1.58. The molecule has 1 fully saturated rings. The lowest BCUT2D eigenvalue weighted by Crippen LogP contribution is -2.24. The molecule has 0 spiro atoms. The van der Waals surface area contributed by atoms with E-state index in [9.17, 15) is 4.79 Å². The first-order valence-electron chi connectivity index (χ1n) is 7.19. The molecular formula is C17H18N2O3. The Labute approximate surface area is 129 Å². The van der Waals surface area contributed by atoms with E-state index in [2.05, 4.69) is 24.0 Å². The number of aromatic nitrogens is 1. The summed E-state index contributed by atoms with van der Waals surface area (Å²) in [5, 5.41) is 0. The molecule has 5 heteroatoms. The maximum Gasteiger partial charge on any atom is 0.410 e. The second kappa shape index (κ2) is 6.05. The Morgan fingerprint density at radius 1 is 1.32 bits per heavy atom. The van der Waals surface area contributed by atoms with Crippen LogP contribution in [0.2, 0.25) is 0 Å². The van der Waals surface area contributed by atoms with Crippen molar-refractivity contribution >= 4 is 6.09 Å². The molecule has 0 aliphatic carbocycles. The third-order valence-electron chi connectivity index (χ3n) is 3.68. The molecule has 2 heterocycles. The van der Waals surface area contributed by atoms with Gasteiger partial charge in [-0.3, -0.25) is 0 Å². The number of hydrogen-bond acceptors (Lipinski definition) is 4. The van der Waals surface area contributed by atoms with Crippen LogP contribution < -0.4 is 4.74 Å². The van der Waals surface area contributed by atoms with Gasteiger partial charge in [0.1, 0.15) is 6.61 Å². The van der Waals surface area contributed by atoms with E-state index >= 15 is 0 Å². The zero-order valence-corrected chi connectivity index (χ0v) is 12.7. The van der Waals surface area contributed by atoms with Gasteiger partial charge in [0.2, 0.25) is 5.88 Å². The minimum Gasteiger partial charge on any atom is -0.481 e. The summed E-state index contributed by atoms with van der Waals surface area (Å²) in [6.07, 6.45) is 1.50. The molecule has 0 radical (unpaired) electrons. The lowest BCUT2D eigenvalue weighted by Gasteiger charge is -2.15. The first-order valence-corrected chi connectivity index (χ1v) is 7.19. The second-order valence-electron chi connectivity index (χ2n) is 5.30. The minimum atomic E-state index is -0.289. The first-order chi connectivity index (χ1) is 10.7. The highest BCUT2D eigenvalue weighted by molar-refractivity contribution is 5.70. The summed E-state index contributed by atoms with van der Waals surface area (Å²) < 4.78 is 10.3. The summed E-state index contributed by atoms with van der Waals surface area (Å²) in [5.74, 6) is 0.538. The fraction of sp³-hybridized carbons (Fsp3) is 0.294. The van der Waals surface area contributed by atoms with E-state index in [1.807, 2.05) is 18.2 Å². The number of aryl methyl sites for hydroxylation is 1. The Morgan fingerprint density at radius 3 is 2.86 bits per heavy atom. The van der Waals surface area contributed by atoms with Gasteiger partial charge in [-0.2, -0.15) is 0 Å². The van der Waals surface area contributed by atoms with Crippen LogP contribution in [0, 0.1) is 6.92 Å². The molecule has 1 saturated heterocycles. The molecule has 0 saturated carbocycles. The summed E-state index contributed by atoms with van der Waals surface area (Å²) in [4.78, 5) is 17.6. The van der Waals surface area contributed by atoms with Crippen LogP contribution in [0.5, 0.6) is 5.88 Å². The Kier molecular flexibility index (Phi) is 3.96. The molecule has 3 rings (SSSR count). The molecule has 0 unspecified atom stereocenters. The van der Waals surface area contributed by atoms with E-state index < -0.39 is 0 Å². The third kappa shape index (κ3) is 2.88. The van der Waals surface area contributed by atoms with E-state index in [1.165, 1.54) is 5.56 Å². The Bertz CT molecular complexity index is 700. The molecule has 5 nitrogen and oxygen atoms in total. The molecular weight excluding hydrogens is 280 g/mol. The van der Waals surface area contributed by atoms with Crippen LogP contribution in [0.1, 0.15) is 11.1 Å². The maximum atomic E-state index is 11.6. The van der Waals surface area contributed by atoms with Crippen LogP contribution in [0.4, 0.5) is 4.79 Å². The molecule has 1 aliphatic rings. The molecule has 0 bridgehead atoms. The van der Waals surface area contributed by atoms with Crippen molar-refractivity contribution in [3.05, 3.63) is 47.7 Å². The Balaban J connectivity index is 1.94. The van der Waals surface area contributed by atoms with Crippen LogP contribution in [-0.4, -0.2) is 36.2 Å². The molecule has 114 valence electrons. The van der Waals surface area contributed by atoms with Crippen LogP contribution in [0.15, 0.2) is 36.5 Å². The third-order valence-corrected chi connectivity index (χ3v) is 3.68. The van der Waals surface area contributed by atoms with Gasteiger partial charge in [-0.15, -0.1) is 0 Å². The van der Waals surface area contributed by atoms with E-state index in [1.54, 1.807) is 18.2 Å². The molecule has 1 aromatic heterocycles. The van der Waals surface area contributed by atoms with Crippen molar-refractivity contribution in [2.45, 2.75) is 13.5 Å². The number of nitrogens with zero attached hydrogens (tertiary/aromatic N) is 2. The normalized spacial score (nSPS) is 14.1. The number of carbonyl (C=O) groups excluding carboxylic acids is 1. The number of rotatable bonds is 4. The summed E-state index contributed by atoms with van der Waals surface area (Å²) in [5.41, 5.74) is 4.17. The summed E-state index contributed by atoms with van der Waals surface area (Å²) >= 11 is 0. The average molecular weight is 298 g/mol. The smallest absolute Gasteiger partial charge is 0.410 e. The molecule has 0 atom stereocenters. The molecule has 22 heavy (non-hydrogen) atoms. The predicted molar refractivity (Wildman–Crippen MR) is 82.7 cm³/mol. The highest BCUT2D eigenvalue weighted by atomic mass is 16.6. The van der Waals surface area contributed by atoms with Gasteiger partial charge in [0.25, 0.3) is 0 Å². The number of cyclic esters (lactones) is 1. The summed E-state index contributed by atoms with van der Waals surface area (Å²) in [6.45, 7) is 3.53. The monoisotopic (exact) mass is 298 g/mol. The maximum absolute atomic E-state index is 11.6. The van der Waals surface area contributed by atoms with Gasteiger partial charge in [0.15, 0.2) is 0 Å². The SMILES string of the molecule is COc1ncc(-c2cccc(C)c2)cc1CN1CCOC1=O. The highest BCUT2D eigenvalue weighted by Gasteiger charge is 2.23.